The molecule has 0 bridgehead atoms. The van der Waals surface area contributed by atoms with E-state index < -0.39 is 12.1 Å². The number of Topliss-reactive ketones (excluding diaryl/α,β-unsaturated/α-hetero) is 1. The summed E-state index contributed by atoms with van der Waals surface area (Å²) in [6.07, 6.45) is 0.957. The highest BCUT2D eigenvalue weighted by atomic mass is 16.6. The van der Waals surface area contributed by atoms with Gasteiger partial charge < -0.3 is 14.2 Å². The Bertz CT molecular complexity index is 852. The van der Waals surface area contributed by atoms with Crippen molar-refractivity contribution >= 4 is 17.8 Å². The van der Waals surface area contributed by atoms with Crippen molar-refractivity contribution in [2.45, 2.75) is 20.0 Å². The molecule has 0 saturated heterocycles. The Hall–Kier alpha value is -3.08. The van der Waals surface area contributed by atoms with Crippen LogP contribution < -0.4 is 9.47 Å². The molecule has 25 heavy (non-hydrogen) atoms. The van der Waals surface area contributed by atoms with Gasteiger partial charge >= 0.3 is 5.97 Å². The number of benzene rings is 2. The van der Waals surface area contributed by atoms with Gasteiger partial charge in [0.2, 0.25) is 5.78 Å². The van der Waals surface area contributed by atoms with Gasteiger partial charge in [-0.15, -0.1) is 0 Å². The number of methoxy groups -OCH3 is 1. The molecule has 0 aromatic heterocycles. The summed E-state index contributed by atoms with van der Waals surface area (Å²) in [5.74, 6) is 0.508. The molecular formula is C20H18O5. The lowest BCUT2D eigenvalue weighted by Gasteiger charge is -2.13. The van der Waals surface area contributed by atoms with Gasteiger partial charge in [-0.2, -0.15) is 0 Å². The molecule has 5 nitrogen and oxygen atoms in total. The summed E-state index contributed by atoms with van der Waals surface area (Å²) in [6, 6.07) is 12.8. The zero-order chi connectivity index (χ0) is 18.0. The van der Waals surface area contributed by atoms with Crippen LogP contribution in [0.3, 0.4) is 0 Å². The van der Waals surface area contributed by atoms with E-state index in [0.29, 0.717) is 17.1 Å². The second kappa shape index (κ2) is 6.81. The molecular weight excluding hydrogens is 320 g/mol. The molecule has 1 aliphatic heterocycles. The summed E-state index contributed by atoms with van der Waals surface area (Å²) in [6.45, 7) is 3.41. The van der Waals surface area contributed by atoms with Gasteiger partial charge in [-0.1, -0.05) is 30.3 Å². The molecule has 0 amide bonds. The third-order valence-corrected chi connectivity index (χ3v) is 3.89. The normalized spacial score (nSPS) is 15.5. The van der Waals surface area contributed by atoms with Crippen LogP contribution in [-0.2, 0) is 9.53 Å². The van der Waals surface area contributed by atoms with Crippen LogP contribution in [0.2, 0.25) is 0 Å². The molecule has 1 unspecified atom stereocenters. The topological polar surface area (TPSA) is 61.8 Å². The minimum absolute atomic E-state index is 0.163. The molecule has 0 N–H and O–H groups in total. The van der Waals surface area contributed by atoms with E-state index in [1.165, 1.54) is 7.11 Å². The number of rotatable bonds is 4. The van der Waals surface area contributed by atoms with Gasteiger partial charge in [0.25, 0.3) is 0 Å². The predicted molar refractivity (Wildman–Crippen MR) is 92.7 cm³/mol. The summed E-state index contributed by atoms with van der Waals surface area (Å²) < 4.78 is 16.0. The van der Waals surface area contributed by atoms with E-state index in [1.807, 2.05) is 30.3 Å². The highest BCUT2D eigenvalue weighted by Crippen LogP contribution is 2.37. The number of carbonyl (C=O) groups excluding carboxylic acids is 2. The smallest absolute Gasteiger partial charge is 0.346 e. The van der Waals surface area contributed by atoms with Gasteiger partial charge in [0.1, 0.15) is 11.5 Å². The van der Waals surface area contributed by atoms with Crippen LogP contribution in [0.4, 0.5) is 0 Å². The fraction of sp³-hybridized carbons (Fsp3) is 0.200. The molecule has 1 heterocycles. The average molecular weight is 338 g/mol. The molecule has 5 heteroatoms. The highest BCUT2D eigenvalue weighted by Gasteiger charge is 2.30. The van der Waals surface area contributed by atoms with Gasteiger partial charge in [0.15, 0.2) is 11.9 Å². The molecule has 0 saturated carbocycles. The van der Waals surface area contributed by atoms with Gasteiger partial charge in [-0.3, -0.25) is 4.79 Å². The number of carbonyl (C=O) groups is 2. The minimum atomic E-state index is -0.751. The second-order valence-electron chi connectivity index (χ2n) is 5.75. The van der Waals surface area contributed by atoms with E-state index in [1.54, 1.807) is 32.1 Å². The largest absolute Gasteiger partial charge is 0.479 e. The summed E-state index contributed by atoms with van der Waals surface area (Å²) in [5.41, 5.74) is 2.12. The zero-order valence-electron chi connectivity index (χ0n) is 14.2. The Balaban J connectivity index is 1.89. The number of aryl methyl sites for hydroxylation is 1. The van der Waals surface area contributed by atoms with Crippen molar-refractivity contribution in [2.75, 3.05) is 7.11 Å². The third kappa shape index (κ3) is 3.40. The quantitative estimate of drug-likeness (QED) is 0.630. The van der Waals surface area contributed by atoms with Gasteiger partial charge in [-0.05, 0) is 37.1 Å². The van der Waals surface area contributed by atoms with Crippen molar-refractivity contribution in [3.05, 3.63) is 64.9 Å². The zero-order valence-corrected chi connectivity index (χ0v) is 14.2. The number of ether oxygens (including phenoxy) is 3. The number of ketones is 1. The highest BCUT2D eigenvalue weighted by molar-refractivity contribution is 6.15. The molecule has 0 aliphatic carbocycles. The number of esters is 1. The minimum Gasteiger partial charge on any atom is -0.479 e. The van der Waals surface area contributed by atoms with Crippen LogP contribution >= 0.6 is 0 Å². The Kier molecular flexibility index (Phi) is 4.57. The molecule has 0 radical (unpaired) electrons. The Morgan fingerprint density at radius 1 is 1.20 bits per heavy atom. The van der Waals surface area contributed by atoms with Crippen LogP contribution in [0.25, 0.3) is 6.08 Å². The molecule has 2 aromatic carbocycles. The van der Waals surface area contributed by atoms with E-state index in [-0.39, 0.29) is 11.5 Å². The van der Waals surface area contributed by atoms with Crippen molar-refractivity contribution < 1.29 is 23.8 Å². The van der Waals surface area contributed by atoms with Gasteiger partial charge in [0.05, 0.1) is 12.7 Å². The Labute approximate surface area is 145 Å². The second-order valence-corrected chi connectivity index (χ2v) is 5.75. The summed E-state index contributed by atoms with van der Waals surface area (Å²) in [7, 11) is 1.30. The van der Waals surface area contributed by atoms with Crippen molar-refractivity contribution in [1.82, 2.24) is 0 Å². The lowest BCUT2D eigenvalue weighted by atomic mass is 10.0. The van der Waals surface area contributed by atoms with Crippen molar-refractivity contribution in [3.8, 4) is 11.5 Å². The van der Waals surface area contributed by atoms with Crippen LogP contribution in [0, 0.1) is 6.92 Å². The molecule has 1 aliphatic rings. The first-order valence-corrected chi connectivity index (χ1v) is 7.88. The third-order valence-electron chi connectivity index (χ3n) is 3.89. The maximum atomic E-state index is 12.6. The first-order valence-electron chi connectivity index (χ1n) is 7.88. The predicted octanol–water partition coefficient (Wildman–Crippen LogP) is 3.55. The molecule has 0 fully saturated rings. The van der Waals surface area contributed by atoms with Crippen molar-refractivity contribution in [1.29, 1.82) is 0 Å². The maximum Gasteiger partial charge on any atom is 0.346 e. The molecule has 3 rings (SSSR count). The van der Waals surface area contributed by atoms with Crippen LogP contribution in [0.5, 0.6) is 11.5 Å². The summed E-state index contributed by atoms with van der Waals surface area (Å²) in [5, 5.41) is 0. The number of fused-ring (bicyclic) bond motifs is 1. The van der Waals surface area contributed by atoms with E-state index in [4.69, 9.17) is 9.47 Å². The number of hydrogen-bond acceptors (Lipinski definition) is 5. The average Bonchev–Trinajstić information content (AvgIpc) is 2.91. The van der Waals surface area contributed by atoms with Crippen LogP contribution in [0.15, 0.2) is 48.2 Å². The summed E-state index contributed by atoms with van der Waals surface area (Å²) in [4.78, 5) is 24.1. The van der Waals surface area contributed by atoms with E-state index in [2.05, 4.69) is 4.74 Å². The fourth-order valence-electron chi connectivity index (χ4n) is 2.66. The van der Waals surface area contributed by atoms with Crippen molar-refractivity contribution in [3.63, 3.8) is 0 Å². The van der Waals surface area contributed by atoms with Gasteiger partial charge in [-0.25, -0.2) is 4.79 Å². The Morgan fingerprint density at radius 2 is 1.92 bits per heavy atom. The standard InChI is InChI=1S/C20H18O5/c1-12-9-15(24-13(2)20(22)23-3)11-16-18(12)19(21)17(25-16)10-14-7-5-4-6-8-14/h4-11,13H,1-3H3/b17-10-. The Morgan fingerprint density at radius 3 is 2.60 bits per heavy atom. The van der Waals surface area contributed by atoms with Gasteiger partial charge in [0, 0.05) is 6.07 Å². The van der Waals surface area contributed by atoms with E-state index in [9.17, 15) is 9.59 Å². The van der Waals surface area contributed by atoms with E-state index in [0.717, 1.165) is 11.1 Å². The lowest BCUT2D eigenvalue weighted by molar-refractivity contribution is -0.147. The number of hydrogen-bond donors (Lipinski definition) is 0. The van der Waals surface area contributed by atoms with Crippen molar-refractivity contribution in [2.24, 2.45) is 0 Å². The maximum absolute atomic E-state index is 12.6. The van der Waals surface area contributed by atoms with E-state index >= 15 is 0 Å². The summed E-state index contributed by atoms with van der Waals surface area (Å²) >= 11 is 0. The monoisotopic (exact) mass is 338 g/mol. The first-order chi connectivity index (χ1) is 12.0. The van der Waals surface area contributed by atoms with Crippen LogP contribution in [0.1, 0.15) is 28.4 Å². The molecule has 128 valence electrons. The van der Waals surface area contributed by atoms with Crippen LogP contribution in [-0.4, -0.2) is 25.0 Å². The number of allylic oxidation sites excluding steroid dienone is 1. The fourth-order valence-corrected chi connectivity index (χ4v) is 2.66. The SMILES string of the molecule is COC(=O)C(C)Oc1cc(C)c2c(c1)O/C(=C\c1ccccc1)C2=O. The molecule has 2 aromatic rings. The molecule has 1 atom stereocenters. The first kappa shape index (κ1) is 16.8. The lowest BCUT2D eigenvalue weighted by Crippen LogP contribution is -2.24. The molecule has 0 spiro atoms.